The van der Waals surface area contributed by atoms with Gasteiger partial charge in [-0.1, -0.05) is 30.3 Å². The number of imide groups is 1. The highest BCUT2D eigenvalue weighted by molar-refractivity contribution is 6.07. The first kappa shape index (κ1) is 21.8. The number of amides is 4. The number of carbonyl (C=O) groups excluding carboxylic acids is 3. The van der Waals surface area contributed by atoms with Gasteiger partial charge < -0.3 is 15.0 Å². The van der Waals surface area contributed by atoms with E-state index < -0.39 is 11.6 Å². The molecule has 8 heteroatoms. The Kier molecular flexibility index (Phi) is 6.39. The van der Waals surface area contributed by atoms with Gasteiger partial charge in [0.25, 0.3) is 11.8 Å². The van der Waals surface area contributed by atoms with E-state index >= 15 is 0 Å². The maximum absolute atomic E-state index is 13.0. The van der Waals surface area contributed by atoms with E-state index in [1.807, 2.05) is 18.2 Å². The van der Waals surface area contributed by atoms with Crippen LogP contribution in [-0.2, 0) is 11.2 Å². The van der Waals surface area contributed by atoms with E-state index in [1.54, 1.807) is 23.2 Å². The maximum Gasteiger partial charge on any atom is 0.322 e. The highest BCUT2D eigenvalue weighted by Gasteiger charge is 2.51. The standard InChI is InChI=1S/C24H28N4O4/c1-32-20-19(10-6-14-25-20)21(29)28-15-11-18(12-16-28)24(22(30)26-23(31)27-24)13-5-9-17-7-3-2-4-8-17/h2-4,6-8,10,14,18H,5,9,11-13,15-16H2,1H3,(H2,26,27,30,31). The molecule has 0 radical (unpaired) electrons. The number of hydrogen-bond donors (Lipinski definition) is 2. The van der Waals surface area contributed by atoms with Gasteiger partial charge in [-0.25, -0.2) is 9.78 Å². The molecule has 1 unspecified atom stereocenters. The van der Waals surface area contributed by atoms with Crippen LogP contribution < -0.4 is 15.4 Å². The Morgan fingerprint density at radius 2 is 1.91 bits per heavy atom. The minimum absolute atomic E-state index is 0.0374. The molecule has 2 aliphatic rings. The predicted molar refractivity (Wildman–Crippen MR) is 118 cm³/mol. The van der Waals surface area contributed by atoms with E-state index in [-0.39, 0.29) is 17.7 Å². The number of piperidine rings is 1. The fourth-order valence-electron chi connectivity index (χ4n) is 4.85. The van der Waals surface area contributed by atoms with Crippen molar-refractivity contribution in [3.8, 4) is 5.88 Å². The lowest BCUT2D eigenvalue weighted by Crippen LogP contribution is -2.56. The number of urea groups is 1. The van der Waals surface area contributed by atoms with Crippen molar-refractivity contribution in [2.45, 2.75) is 37.6 Å². The van der Waals surface area contributed by atoms with E-state index in [1.165, 1.54) is 12.7 Å². The van der Waals surface area contributed by atoms with Crippen LogP contribution in [0.25, 0.3) is 0 Å². The van der Waals surface area contributed by atoms with Gasteiger partial charge in [-0.3, -0.25) is 14.9 Å². The summed E-state index contributed by atoms with van der Waals surface area (Å²) in [4.78, 5) is 43.8. The van der Waals surface area contributed by atoms with Gasteiger partial charge in [0.15, 0.2) is 0 Å². The summed E-state index contributed by atoms with van der Waals surface area (Å²) in [6, 6.07) is 13.1. The molecular formula is C24H28N4O4. The SMILES string of the molecule is COc1ncccc1C(=O)N1CCC(C2(CCCc3ccccc3)NC(=O)NC2=O)CC1. The van der Waals surface area contributed by atoms with Crippen LogP contribution in [-0.4, -0.2) is 53.5 Å². The van der Waals surface area contributed by atoms with Crippen molar-refractivity contribution in [1.82, 2.24) is 20.5 Å². The Hall–Kier alpha value is -3.42. The van der Waals surface area contributed by atoms with Crippen molar-refractivity contribution in [2.24, 2.45) is 5.92 Å². The number of methoxy groups -OCH3 is 1. The Morgan fingerprint density at radius 1 is 1.16 bits per heavy atom. The molecule has 3 heterocycles. The molecule has 2 aliphatic heterocycles. The molecule has 0 saturated carbocycles. The molecular weight excluding hydrogens is 408 g/mol. The number of pyridine rings is 1. The van der Waals surface area contributed by atoms with Gasteiger partial charge in [0.05, 0.1) is 7.11 Å². The molecule has 2 aromatic rings. The average molecular weight is 437 g/mol. The molecule has 2 N–H and O–H groups in total. The molecule has 32 heavy (non-hydrogen) atoms. The lowest BCUT2D eigenvalue weighted by atomic mass is 9.74. The minimum atomic E-state index is -0.924. The number of benzene rings is 1. The molecule has 4 amide bonds. The van der Waals surface area contributed by atoms with Gasteiger partial charge in [0.1, 0.15) is 11.1 Å². The number of likely N-dealkylation sites (tertiary alicyclic amines) is 1. The highest BCUT2D eigenvalue weighted by atomic mass is 16.5. The fourth-order valence-corrected chi connectivity index (χ4v) is 4.85. The molecule has 4 rings (SSSR count). The molecule has 168 valence electrons. The molecule has 2 fully saturated rings. The zero-order valence-corrected chi connectivity index (χ0v) is 18.2. The van der Waals surface area contributed by atoms with Crippen molar-refractivity contribution in [2.75, 3.05) is 20.2 Å². The molecule has 0 aliphatic carbocycles. The highest BCUT2D eigenvalue weighted by Crippen LogP contribution is 2.35. The molecule has 0 spiro atoms. The molecule has 1 aromatic carbocycles. The van der Waals surface area contributed by atoms with E-state index in [9.17, 15) is 14.4 Å². The summed E-state index contributed by atoms with van der Waals surface area (Å²) in [5.74, 6) is -0.121. The van der Waals surface area contributed by atoms with Crippen LogP contribution in [0.4, 0.5) is 4.79 Å². The van der Waals surface area contributed by atoms with Gasteiger partial charge in [0.2, 0.25) is 5.88 Å². The lowest BCUT2D eigenvalue weighted by Gasteiger charge is -2.40. The normalized spacial score (nSPS) is 21.2. The third-order valence-electron chi connectivity index (χ3n) is 6.52. The molecule has 1 aromatic heterocycles. The first-order chi connectivity index (χ1) is 15.5. The summed E-state index contributed by atoms with van der Waals surface area (Å²) in [6.07, 6.45) is 5.03. The minimum Gasteiger partial charge on any atom is -0.480 e. The van der Waals surface area contributed by atoms with Crippen LogP contribution in [0, 0.1) is 5.92 Å². The number of aryl methyl sites for hydroxylation is 1. The number of aromatic nitrogens is 1. The van der Waals surface area contributed by atoms with Crippen molar-refractivity contribution in [1.29, 1.82) is 0 Å². The second-order valence-corrected chi connectivity index (χ2v) is 8.35. The largest absolute Gasteiger partial charge is 0.480 e. The van der Waals surface area contributed by atoms with Crippen LogP contribution >= 0.6 is 0 Å². The monoisotopic (exact) mass is 436 g/mol. The molecule has 1 atom stereocenters. The summed E-state index contributed by atoms with van der Waals surface area (Å²) in [5, 5.41) is 5.37. The maximum atomic E-state index is 13.0. The van der Waals surface area contributed by atoms with Gasteiger partial charge in [0, 0.05) is 19.3 Å². The van der Waals surface area contributed by atoms with E-state index in [0.29, 0.717) is 43.8 Å². The Labute approximate surface area is 187 Å². The number of ether oxygens (including phenoxy) is 1. The second kappa shape index (κ2) is 9.38. The van der Waals surface area contributed by atoms with E-state index in [4.69, 9.17) is 4.74 Å². The van der Waals surface area contributed by atoms with Gasteiger partial charge in [-0.15, -0.1) is 0 Å². The van der Waals surface area contributed by atoms with Crippen LogP contribution in [0.3, 0.4) is 0 Å². The van der Waals surface area contributed by atoms with Crippen LogP contribution in [0.15, 0.2) is 48.7 Å². The summed E-state index contributed by atoms with van der Waals surface area (Å²) < 4.78 is 5.22. The molecule has 0 bridgehead atoms. The zero-order chi connectivity index (χ0) is 22.6. The van der Waals surface area contributed by atoms with Gasteiger partial charge >= 0.3 is 6.03 Å². The summed E-state index contributed by atoms with van der Waals surface area (Å²) >= 11 is 0. The Bertz CT molecular complexity index is 989. The first-order valence-electron chi connectivity index (χ1n) is 11.0. The zero-order valence-electron chi connectivity index (χ0n) is 18.2. The summed E-state index contributed by atoms with van der Waals surface area (Å²) in [5.41, 5.74) is 0.712. The quantitative estimate of drug-likeness (QED) is 0.650. The number of hydrogen-bond acceptors (Lipinski definition) is 5. The van der Waals surface area contributed by atoms with Gasteiger partial charge in [-0.2, -0.15) is 0 Å². The number of nitrogens with one attached hydrogen (secondary N) is 2. The third-order valence-corrected chi connectivity index (χ3v) is 6.52. The predicted octanol–water partition coefficient (Wildman–Crippen LogP) is 2.54. The van der Waals surface area contributed by atoms with Crippen molar-refractivity contribution in [3.05, 3.63) is 59.8 Å². The lowest BCUT2D eigenvalue weighted by molar-refractivity contribution is -0.127. The first-order valence-corrected chi connectivity index (χ1v) is 11.0. The van der Waals surface area contributed by atoms with E-state index in [2.05, 4.69) is 27.8 Å². The number of rotatable bonds is 7. The summed E-state index contributed by atoms with van der Waals surface area (Å²) in [6.45, 7) is 1.01. The summed E-state index contributed by atoms with van der Waals surface area (Å²) in [7, 11) is 1.49. The Morgan fingerprint density at radius 3 is 2.56 bits per heavy atom. The van der Waals surface area contributed by atoms with Crippen molar-refractivity contribution in [3.63, 3.8) is 0 Å². The van der Waals surface area contributed by atoms with Gasteiger partial charge in [-0.05, 0) is 55.7 Å². The van der Waals surface area contributed by atoms with E-state index in [0.717, 1.165) is 12.8 Å². The third kappa shape index (κ3) is 4.30. The smallest absolute Gasteiger partial charge is 0.322 e. The van der Waals surface area contributed by atoms with Crippen LogP contribution in [0.2, 0.25) is 0 Å². The van der Waals surface area contributed by atoms with Crippen LogP contribution in [0.1, 0.15) is 41.6 Å². The number of carbonyl (C=O) groups is 3. The second-order valence-electron chi connectivity index (χ2n) is 8.35. The number of nitrogens with zero attached hydrogens (tertiary/aromatic N) is 2. The fraction of sp³-hybridized carbons (Fsp3) is 0.417. The van der Waals surface area contributed by atoms with Crippen LogP contribution in [0.5, 0.6) is 5.88 Å². The Balaban J connectivity index is 1.43. The topological polar surface area (TPSA) is 101 Å². The molecule has 8 nitrogen and oxygen atoms in total. The average Bonchev–Trinajstić information content (AvgIpc) is 3.13. The van der Waals surface area contributed by atoms with Crippen molar-refractivity contribution < 1.29 is 19.1 Å². The van der Waals surface area contributed by atoms with Crippen molar-refractivity contribution >= 4 is 17.8 Å². The molecule has 2 saturated heterocycles.